The van der Waals surface area contributed by atoms with Crippen LogP contribution in [0.25, 0.3) is 11.0 Å². The lowest BCUT2D eigenvalue weighted by Crippen LogP contribution is -2.39. The number of hydrogen-bond donors (Lipinski definition) is 2. The second-order valence-electron chi connectivity index (χ2n) is 5.64. The van der Waals surface area contributed by atoms with E-state index in [1.165, 1.54) is 22.8 Å². The van der Waals surface area contributed by atoms with Gasteiger partial charge in [0, 0.05) is 6.04 Å². The number of H-pyrrole nitrogens is 1. The fraction of sp³-hybridized carbons (Fsp3) is 0.400. The molecule has 0 aliphatic heterocycles. The van der Waals surface area contributed by atoms with Crippen LogP contribution in [0.2, 0.25) is 0 Å². The van der Waals surface area contributed by atoms with E-state index in [-0.39, 0.29) is 11.6 Å². The molecule has 6 nitrogen and oxygen atoms in total. The average molecular weight is 288 g/mol. The van der Waals surface area contributed by atoms with Crippen LogP contribution in [0.3, 0.4) is 0 Å². The third kappa shape index (κ3) is 2.16. The van der Waals surface area contributed by atoms with Crippen LogP contribution in [0.4, 0.5) is 0 Å². The summed E-state index contributed by atoms with van der Waals surface area (Å²) in [6.45, 7) is 2.05. The molecule has 1 saturated carbocycles. The van der Waals surface area contributed by atoms with Crippen molar-refractivity contribution >= 4 is 17.0 Å². The summed E-state index contributed by atoms with van der Waals surface area (Å²) < 4.78 is 1.48. The van der Waals surface area contributed by atoms with Crippen LogP contribution in [-0.4, -0.2) is 20.6 Å². The summed E-state index contributed by atoms with van der Waals surface area (Å²) in [5.41, 5.74) is -0.191. The van der Waals surface area contributed by atoms with Crippen LogP contribution in [0.1, 0.15) is 42.6 Å². The summed E-state index contributed by atoms with van der Waals surface area (Å²) >= 11 is 0. The number of nitrogens with zero attached hydrogens (tertiary/aromatic N) is 1. The van der Waals surface area contributed by atoms with E-state index >= 15 is 0 Å². The third-order valence-electron chi connectivity index (χ3n) is 4.31. The van der Waals surface area contributed by atoms with Gasteiger partial charge in [0.25, 0.3) is 0 Å². The van der Waals surface area contributed by atoms with E-state index in [1.54, 1.807) is 0 Å². The number of aromatic carboxylic acids is 1. The third-order valence-corrected chi connectivity index (χ3v) is 4.31. The Hall–Kier alpha value is -2.37. The molecule has 2 unspecified atom stereocenters. The van der Waals surface area contributed by atoms with Gasteiger partial charge in [-0.1, -0.05) is 13.3 Å². The van der Waals surface area contributed by atoms with E-state index < -0.39 is 17.1 Å². The first kappa shape index (κ1) is 13.6. The lowest BCUT2D eigenvalue weighted by molar-refractivity contribution is 0.0697. The number of aromatic nitrogens is 2. The van der Waals surface area contributed by atoms with Crippen molar-refractivity contribution in [1.29, 1.82) is 0 Å². The number of aromatic amines is 1. The monoisotopic (exact) mass is 288 g/mol. The molecule has 1 aliphatic rings. The molecular formula is C15H16N2O4. The van der Waals surface area contributed by atoms with E-state index in [9.17, 15) is 14.4 Å². The van der Waals surface area contributed by atoms with Crippen LogP contribution < -0.4 is 11.1 Å². The fourth-order valence-electron chi connectivity index (χ4n) is 3.20. The molecule has 0 amide bonds. The maximum absolute atomic E-state index is 12.3. The molecule has 2 N–H and O–H groups in total. The summed E-state index contributed by atoms with van der Waals surface area (Å²) in [6.07, 6.45) is 2.84. The molecule has 2 aromatic rings. The van der Waals surface area contributed by atoms with Crippen molar-refractivity contribution < 1.29 is 9.90 Å². The largest absolute Gasteiger partial charge is 0.478 e. The first-order valence-electron chi connectivity index (χ1n) is 7.01. The Morgan fingerprint density at radius 2 is 2.10 bits per heavy atom. The van der Waals surface area contributed by atoms with Gasteiger partial charge in [-0.2, -0.15) is 0 Å². The first-order valence-corrected chi connectivity index (χ1v) is 7.01. The summed E-state index contributed by atoms with van der Waals surface area (Å²) in [5, 5.41) is 9.12. The van der Waals surface area contributed by atoms with Gasteiger partial charge in [0.2, 0.25) is 0 Å². The van der Waals surface area contributed by atoms with Crippen molar-refractivity contribution in [2.75, 3.05) is 0 Å². The zero-order chi connectivity index (χ0) is 15.1. The molecule has 1 aliphatic carbocycles. The van der Waals surface area contributed by atoms with E-state index in [1.807, 2.05) is 0 Å². The zero-order valence-corrected chi connectivity index (χ0v) is 11.6. The van der Waals surface area contributed by atoms with Gasteiger partial charge in [-0.15, -0.1) is 0 Å². The molecule has 1 fully saturated rings. The van der Waals surface area contributed by atoms with Crippen molar-refractivity contribution in [2.45, 2.75) is 32.2 Å². The molecule has 1 aromatic carbocycles. The van der Waals surface area contributed by atoms with Crippen LogP contribution in [0.5, 0.6) is 0 Å². The molecular weight excluding hydrogens is 272 g/mol. The van der Waals surface area contributed by atoms with Crippen LogP contribution in [0.15, 0.2) is 27.8 Å². The number of carboxylic acid groups (broad SMARTS) is 1. The van der Waals surface area contributed by atoms with Gasteiger partial charge < -0.3 is 10.1 Å². The van der Waals surface area contributed by atoms with Crippen LogP contribution >= 0.6 is 0 Å². The van der Waals surface area contributed by atoms with Gasteiger partial charge in [-0.25, -0.2) is 4.79 Å². The van der Waals surface area contributed by atoms with Crippen LogP contribution in [0, 0.1) is 5.92 Å². The normalized spacial score (nSPS) is 21.8. The topological polar surface area (TPSA) is 92.2 Å². The highest BCUT2D eigenvalue weighted by Crippen LogP contribution is 2.35. The maximum atomic E-state index is 12.3. The van der Waals surface area contributed by atoms with E-state index in [2.05, 4.69) is 11.9 Å². The van der Waals surface area contributed by atoms with Crippen LogP contribution in [-0.2, 0) is 0 Å². The minimum absolute atomic E-state index is 0.0497. The second-order valence-corrected chi connectivity index (χ2v) is 5.64. The minimum Gasteiger partial charge on any atom is -0.478 e. The average Bonchev–Trinajstić information content (AvgIpc) is 2.86. The summed E-state index contributed by atoms with van der Waals surface area (Å²) in [6, 6.07) is 4.37. The number of carbonyl (C=O) groups is 1. The van der Waals surface area contributed by atoms with Crippen molar-refractivity contribution in [3.8, 4) is 0 Å². The molecule has 6 heteroatoms. The number of carboxylic acids is 1. The molecule has 0 spiro atoms. The number of fused-ring (bicyclic) bond motifs is 1. The molecule has 0 saturated heterocycles. The zero-order valence-electron chi connectivity index (χ0n) is 11.6. The second kappa shape index (κ2) is 4.87. The number of hydrogen-bond acceptors (Lipinski definition) is 3. The van der Waals surface area contributed by atoms with Gasteiger partial charge in [-0.05, 0) is 37.0 Å². The molecule has 1 heterocycles. The fourth-order valence-corrected chi connectivity index (χ4v) is 3.20. The Morgan fingerprint density at radius 3 is 2.71 bits per heavy atom. The quantitative estimate of drug-likeness (QED) is 0.823. The lowest BCUT2D eigenvalue weighted by Gasteiger charge is -2.20. The Morgan fingerprint density at radius 1 is 1.33 bits per heavy atom. The van der Waals surface area contributed by atoms with Gasteiger partial charge in [0.1, 0.15) is 0 Å². The molecule has 1 aromatic heterocycles. The summed E-state index contributed by atoms with van der Waals surface area (Å²) in [5.74, 6) is -0.761. The van der Waals surface area contributed by atoms with E-state index in [0.717, 1.165) is 19.3 Å². The number of benzene rings is 1. The van der Waals surface area contributed by atoms with Gasteiger partial charge >= 0.3 is 17.1 Å². The van der Waals surface area contributed by atoms with Crippen molar-refractivity contribution in [1.82, 2.24) is 9.55 Å². The van der Waals surface area contributed by atoms with E-state index in [4.69, 9.17) is 5.11 Å². The molecule has 0 bridgehead atoms. The first-order chi connectivity index (χ1) is 9.99. The maximum Gasteiger partial charge on any atom is 0.335 e. The Bertz CT molecular complexity index is 834. The molecule has 21 heavy (non-hydrogen) atoms. The van der Waals surface area contributed by atoms with Gasteiger partial charge in [-0.3, -0.25) is 14.2 Å². The summed E-state index contributed by atoms with van der Waals surface area (Å²) in [7, 11) is 0. The SMILES string of the molecule is CC1CCCC1n1c(=O)c(=O)[nH]c2ccc(C(=O)O)cc21. The Kier molecular flexibility index (Phi) is 3.16. The summed E-state index contributed by atoms with van der Waals surface area (Å²) in [4.78, 5) is 37.8. The highest BCUT2D eigenvalue weighted by molar-refractivity contribution is 5.92. The highest BCUT2D eigenvalue weighted by atomic mass is 16.4. The van der Waals surface area contributed by atoms with Crippen molar-refractivity contribution in [3.05, 3.63) is 44.5 Å². The highest BCUT2D eigenvalue weighted by Gasteiger charge is 2.28. The van der Waals surface area contributed by atoms with Gasteiger partial charge in [0.05, 0.1) is 16.6 Å². The van der Waals surface area contributed by atoms with Crippen molar-refractivity contribution in [2.24, 2.45) is 5.92 Å². The standard InChI is InChI=1S/C15H16N2O4/c1-8-3-2-4-11(8)17-12-7-9(15(20)21)5-6-10(12)16-13(18)14(17)19/h5-8,11H,2-4H2,1H3,(H,16,18)(H,20,21). The van der Waals surface area contributed by atoms with E-state index in [0.29, 0.717) is 17.0 Å². The number of nitrogens with one attached hydrogen (secondary N) is 1. The molecule has 2 atom stereocenters. The lowest BCUT2D eigenvalue weighted by atomic mass is 10.1. The molecule has 0 radical (unpaired) electrons. The predicted molar refractivity (Wildman–Crippen MR) is 77.8 cm³/mol. The number of rotatable bonds is 2. The smallest absolute Gasteiger partial charge is 0.335 e. The minimum atomic E-state index is -1.05. The molecule has 3 rings (SSSR count). The van der Waals surface area contributed by atoms with Crippen molar-refractivity contribution in [3.63, 3.8) is 0 Å². The Labute approximate surface area is 120 Å². The predicted octanol–water partition coefficient (Wildman–Crippen LogP) is 1.75. The molecule has 110 valence electrons. The van der Waals surface area contributed by atoms with Gasteiger partial charge in [0.15, 0.2) is 0 Å². The Balaban J connectivity index is 2.36.